The Morgan fingerprint density at radius 3 is 2.83 bits per heavy atom. The van der Waals surface area contributed by atoms with E-state index in [9.17, 15) is 4.79 Å². The van der Waals surface area contributed by atoms with Crippen LogP contribution in [0.15, 0.2) is 65.0 Å². The number of ether oxygens (including phenoxy) is 1. The maximum Gasteiger partial charge on any atom is 0.230 e. The molecule has 0 spiro atoms. The fourth-order valence-corrected chi connectivity index (χ4v) is 4.39. The highest BCUT2D eigenvalue weighted by Crippen LogP contribution is 2.26. The molecular formula is C22H21N3O2S2. The standard InChI is InChI=1S/C22H21N3O2S2/c1-3-27-18-9-7-15(8-10-18)20-13-25-17(14-29-22(25)24-20)12-21(26)23-16-5-4-6-19(11-16)28-2/h4-11,13-14H,3,12H2,1-2H3,(H,23,26). The molecular weight excluding hydrogens is 402 g/mol. The summed E-state index contributed by atoms with van der Waals surface area (Å²) in [7, 11) is 0. The SMILES string of the molecule is CCOc1ccc(-c2cn3c(CC(=O)Nc4cccc(SC)c4)csc3n2)cc1. The number of hydrogen-bond donors (Lipinski definition) is 1. The fourth-order valence-electron chi connectivity index (χ4n) is 3.05. The van der Waals surface area contributed by atoms with Crippen molar-refractivity contribution in [2.45, 2.75) is 18.2 Å². The minimum atomic E-state index is -0.0423. The monoisotopic (exact) mass is 423 g/mol. The van der Waals surface area contributed by atoms with Crippen LogP contribution in [-0.2, 0) is 11.2 Å². The van der Waals surface area contributed by atoms with Crippen LogP contribution in [0.4, 0.5) is 5.69 Å². The van der Waals surface area contributed by atoms with E-state index >= 15 is 0 Å². The Hall–Kier alpha value is -2.77. The molecule has 0 bridgehead atoms. The van der Waals surface area contributed by atoms with E-state index in [4.69, 9.17) is 9.72 Å². The zero-order valence-corrected chi connectivity index (χ0v) is 17.8. The van der Waals surface area contributed by atoms with E-state index in [-0.39, 0.29) is 5.91 Å². The normalized spacial score (nSPS) is 11.0. The van der Waals surface area contributed by atoms with Crippen molar-refractivity contribution in [2.75, 3.05) is 18.2 Å². The average molecular weight is 424 g/mol. The molecule has 0 saturated carbocycles. The summed E-state index contributed by atoms with van der Waals surface area (Å²) in [5.41, 5.74) is 3.64. The summed E-state index contributed by atoms with van der Waals surface area (Å²) < 4.78 is 7.49. The van der Waals surface area contributed by atoms with Crippen LogP contribution in [0.3, 0.4) is 0 Å². The first-order chi connectivity index (χ1) is 14.2. The molecule has 7 heteroatoms. The molecule has 1 N–H and O–H groups in total. The Morgan fingerprint density at radius 1 is 1.24 bits per heavy atom. The van der Waals surface area contributed by atoms with E-state index in [2.05, 4.69) is 5.32 Å². The van der Waals surface area contributed by atoms with Crippen molar-refractivity contribution in [3.8, 4) is 17.0 Å². The zero-order valence-electron chi connectivity index (χ0n) is 16.2. The van der Waals surface area contributed by atoms with Crippen LogP contribution in [0.5, 0.6) is 5.75 Å². The van der Waals surface area contributed by atoms with Gasteiger partial charge in [0.1, 0.15) is 5.75 Å². The largest absolute Gasteiger partial charge is 0.494 e. The average Bonchev–Trinajstić information content (AvgIpc) is 3.31. The molecule has 148 valence electrons. The maximum atomic E-state index is 12.5. The van der Waals surface area contributed by atoms with Crippen LogP contribution in [-0.4, -0.2) is 28.2 Å². The van der Waals surface area contributed by atoms with Crippen LogP contribution >= 0.6 is 23.1 Å². The van der Waals surface area contributed by atoms with Gasteiger partial charge in [0.15, 0.2) is 4.96 Å². The maximum absolute atomic E-state index is 12.5. The summed E-state index contributed by atoms with van der Waals surface area (Å²) in [5, 5.41) is 4.97. The zero-order chi connectivity index (χ0) is 20.2. The Bertz CT molecular complexity index is 1130. The molecule has 1 amide bonds. The number of nitrogens with one attached hydrogen (secondary N) is 1. The van der Waals surface area contributed by atoms with Crippen molar-refractivity contribution in [3.05, 3.63) is 65.8 Å². The third kappa shape index (κ3) is 4.46. The van der Waals surface area contributed by atoms with Gasteiger partial charge in [-0.25, -0.2) is 4.98 Å². The molecule has 2 aromatic heterocycles. The second kappa shape index (κ2) is 8.71. The van der Waals surface area contributed by atoms with Gasteiger partial charge in [-0.05, 0) is 55.6 Å². The Balaban J connectivity index is 1.50. The Kier molecular flexibility index (Phi) is 5.87. The molecule has 0 atom stereocenters. The third-order valence-electron chi connectivity index (χ3n) is 4.44. The quantitative estimate of drug-likeness (QED) is 0.406. The van der Waals surface area contributed by atoms with Gasteiger partial charge in [0.2, 0.25) is 5.91 Å². The number of nitrogens with zero attached hydrogens (tertiary/aromatic N) is 2. The molecule has 0 radical (unpaired) electrons. The molecule has 0 aliphatic heterocycles. The molecule has 4 aromatic rings. The lowest BCUT2D eigenvalue weighted by molar-refractivity contribution is -0.115. The summed E-state index contributed by atoms with van der Waals surface area (Å²) in [6.07, 6.45) is 4.30. The summed E-state index contributed by atoms with van der Waals surface area (Å²) in [5.74, 6) is 0.805. The van der Waals surface area contributed by atoms with Crippen LogP contribution < -0.4 is 10.1 Å². The summed E-state index contributed by atoms with van der Waals surface area (Å²) in [4.78, 5) is 19.2. The molecule has 0 fully saturated rings. The van der Waals surface area contributed by atoms with Gasteiger partial charge in [0.05, 0.1) is 18.7 Å². The first-order valence-electron chi connectivity index (χ1n) is 9.29. The van der Waals surface area contributed by atoms with E-state index in [1.165, 1.54) is 11.3 Å². The number of carbonyl (C=O) groups excluding carboxylic acids is 1. The number of benzene rings is 2. The van der Waals surface area contributed by atoms with Gasteiger partial charge in [-0.15, -0.1) is 23.1 Å². The Morgan fingerprint density at radius 2 is 2.07 bits per heavy atom. The van der Waals surface area contributed by atoms with E-state index < -0.39 is 0 Å². The summed E-state index contributed by atoms with van der Waals surface area (Å²) in [6, 6.07) is 15.8. The third-order valence-corrected chi connectivity index (χ3v) is 6.05. The van der Waals surface area contributed by atoms with Crippen molar-refractivity contribution in [2.24, 2.45) is 0 Å². The highest BCUT2D eigenvalue weighted by molar-refractivity contribution is 7.98. The van der Waals surface area contributed by atoms with Gasteiger partial charge in [0.25, 0.3) is 0 Å². The number of rotatable bonds is 7. The van der Waals surface area contributed by atoms with Gasteiger partial charge in [-0.2, -0.15) is 0 Å². The highest BCUT2D eigenvalue weighted by Gasteiger charge is 2.13. The molecule has 4 rings (SSSR count). The molecule has 29 heavy (non-hydrogen) atoms. The van der Waals surface area contributed by atoms with Gasteiger partial charge >= 0.3 is 0 Å². The smallest absolute Gasteiger partial charge is 0.230 e. The second-order valence-corrected chi connectivity index (χ2v) is 8.14. The summed E-state index contributed by atoms with van der Waals surface area (Å²) >= 11 is 3.19. The van der Waals surface area contributed by atoms with E-state index in [1.807, 2.05) is 77.7 Å². The first kappa shape index (κ1) is 19.5. The number of fused-ring (bicyclic) bond motifs is 1. The Labute approximate surface area is 177 Å². The number of amides is 1. The minimum Gasteiger partial charge on any atom is -0.494 e. The van der Waals surface area contributed by atoms with Crippen molar-refractivity contribution < 1.29 is 9.53 Å². The van der Waals surface area contributed by atoms with Crippen molar-refractivity contribution in [3.63, 3.8) is 0 Å². The van der Waals surface area contributed by atoms with Gasteiger partial charge in [0, 0.05) is 33.4 Å². The fraction of sp³-hybridized carbons (Fsp3) is 0.182. The minimum absolute atomic E-state index is 0.0423. The lowest BCUT2D eigenvalue weighted by Crippen LogP contribution is -2.15. The van der Waals surface area contributed by atoms with Gasteiger partial charge in [-0.1, -0.05) is 6.07 Å². The number of aromatic nitrogens is 2. The predicted octanol–water partition coefficient (Wildman–Crippen LogP) is 5.36. The van der Waals surface area contributed by atoms with Gasteiger partial charge in [-0.3, -0.25) is 9.20 Å². The number of carbonyl (C=O) groups is 1. The van der Waals surface area contributed by atoms with Crippen molar-refractivity contribution in [1.82, 2.24) is 9.38 Å². The highest BCUT2D eigenvalue weighted by atomic mass is 32.2. The topological polar surface area (TPSA) is 55.6 Å². The molecule has 2 heterocycles. The summed E-state index contributed by atoms with van der Waals surface area (Å²) in [6.45, 7) is 2.61. The lowest BCUT2D eigenvalue weighted by Gasteiger charge is -2.06. The van der Waals surface area contributed by atoms with Crippen LogP contribution in [0.1, 0.15) is 12.6 Å². The van der Waals surface area contributed by atoms with E-state index in [0.29, 0.717) is 13.0 Å². The lowest BCUT2D eigenvalue weighted by atomic mass is 10.1. The molecule has 0 aliphatic rings. The van der Waals surface area contributed by atoms with Crippen LogP contribution in [0, 0.1) is 0 Å². The van der Waals surface area contributed by atoms with E-state index in [0.717, 1.165) is 38.2 Å². The predicted molar refractivity (Wildman–Crippen MR) is 120 cm³/mol. The molecule has 0 unspecified atom stereocenters. The van der Waals surface area contributed by atoms with Crippen LogP contribution in [0.2, 0.25) is 0 Å². The number of anilines is 1. The molecule has 0 saturated heterocycles. The van der Waals surface area contributed by atoms with Crippen molar-refractivity contribution >= 4 is 39.7 Å². The number of hydrogen-bond acceptors (Lipinski definition) is 5. The van der Waals surface area contributed by atoms with Crippen LogP contribution in [0.25, 0.3) is 16.2 Å². The van der Waals surface area contributed by atoms with Crippen molar-refractivity contribution in [1.29, 1.82) is 0 Å². The molecule has 0 aliphatic carbocycles. The second-order valence-electron chi connectivity index (χ2n) is 6.42. The molecule has 5 nitrogen and oxygen atoms in total. The van der Waals surface area contributed by atoms with E-state index in [1.54, 1.807) is 11.8 Å². The number of thioether (sulfide) groups is 1. The number of thiazole rings is 1. The van der Waals surface area contributed by atoms with Gasteiger partial charge < -0.3 is 10.1 Å². The first-order valence-corrected chi connectivity index (χ1v) is 11.4. The number of imidazole rings is 1. The molecule has 2 aromatic carbocycles.